The van der Waals surface area contributed by atoms with Crippen molar-refractivity contribution in [3.63, 3.8) is 0 Å². The van der Waals surface area contributed by atoms with E-state index < -0.39 is 0 Å². The number of carbonyl (C=O) groups is 1. The average Bonchev–Trinajstić information content (AvgIpc) is 2.56. The normalized spacial score (nSPS) is 11.5. The van der Waals surface area contributed by atoms with E-state index in [2.05, 4.69) is 29.4 Å². The van der Waals surface area contributed by atoms with Gasteiger partial charge in [-0.05, 0) is 50.1 Å². The van der Waals surface area contributed by atoms with Crippen molar-refractivity contribution in [1.29, 1.82) is 0 Å². The van der Waals surface area contributed by atoms with Crippen molar-refractivity contribution in [2.75, 3.05) is 0 Å². The summed E-state index contributed by atoms with van der Waals surface area (Å²) in [7, 11) is 0. The van der Waals surface area contributed by atoms with Crippen LogP contribution in [0.2, 0.25) is 0 Å². The van der Waals surface area contributed by atoms with Crippen LogP contribution in [0.5, 0.6) is 5.75 Å². The smallest absolute Gasteiger partial charge is 0.193 e. The number of phenolic OH excluding ortho intramolecular Hbond substituents is 1. The van der Waals surface area contributed by atoms with E-state index in [1.807, 2.05) is 26.8 Å². The first-order chi connectivity index (χ1) is 11.0. The van der Waals surface area contributed by atoms with Crippen molar-refractivity contribution >= 4 is 21.7 Å². The Kier molecular flexibility index (Phi) is 11.1. The molecule has 0 atom stereocenters. The summed E-state index contributed by atoms with van der Waals surface area (Å²) >= 11 is 3.47. The quantitative estimate of drug-likeness (QED) is 0.330. The Bertz CT molecular complexity index is 566. The summed E-state index contributed by atoms with van der Waals surface area (Å²) in [4.78, 5) is 12.5. The Morgan fingerprint density at radius 1 is 1.26 bits per heavy atom. The molecule has 0 bridgehead atoms. The van der Waals surface area contributed by atoms with Gasteiger partial charge in [0.1, 0.15) is 5.75 Å². The van der Waals surface area contributed by atoms with Gasteiger partial charge in [0.15, 0.2) is 5.78 Å². The van der Waals surface area contributed by atoms with Gasteiger partial charge in [0.05, 0.1) is 0 Å². The second-order valence-electron chi connectivity index (χ2n) is 4.83. The Labute approximate surface area is 148 Å². The predicted octanol–water partition coefficient (Wildman–Crippen LogP) is 6.57. The van der Waals surface area contributed by atoms with E-state index in [-0.39, 0.29) is 11.5 Å². The van der Waals surface area contributed by atoms with Gasteiger partial charge in [-0.3, -0.25) is 4.79 Å². The maximum Gasteiger partial charge on any atom is 0.193 e. The topological polar surface area (TPSA) is 37.3 Å². The molecule has 126 valence electrons. The summed E-state index contributed by atoms with van der Waals surface area (Å²) in [5.41, 5.74) is 2.14. The third-order valence-corrected chi connectivity index (χ3v) is 3.76. The summed E-state index contributed by atoms with van der Waals surface area (Å²) in [5.74, 6) is 0.0695. The third kappa shape index (κ3) is 7.47. The van der Waals surface area contributed by atoms with Crippen molar-refractivity contribution in [1.82, 2.24) is 0 Å². The van der Waals surface area contributed by atoms with Crippen LogP contribution >= 0.6 is 15.9 Å². The highest BCUT2D eigenvalue weighted by atomic mass is 79.9. The Hall–Kier alpha value is -1.61. The molecule has 0 saturated carbocycles. The van der Waals surface area contributed by atoms with E-state index in [0.717, 1.165) is 29.3 Å². The Morgan fingerprint density at radius 3 is 2.30 bits per heavy atom. The van der Waals surface area contributed by atoms with Gasteiger partial charge in [-0.2, -0.15) is 0 Å². The SMILES string of the molecule is C=C(/C=C(Br)\C(=C/C)C(=O)c1ccc(O)cc1)CCCC.CC. The first kappa shape index (κ1) is 21.4. The van der Waals surface area contributed by atoms with Crippen LogP contribution in [0.25, 0.3) is 0 Å². The van der Waals surface area contributed by atoms with Crippen LogP contribution < -0.4 is 0 Å². The van der Waals surface area contributed by atoms with Crippen LogP contribution in [0.4, 0.5) is 0 Å². The molecular formula is C20H27BrO2. The summed E-state index contributed by atoms with van der Waals surface area (Å²) in [6.07, 6.45) is 6.82. The molecule has 0 aliphatic carbocycles. The molecule has 0 aromatic heterocycles. The minimum atomic E-state index is -0.0797. The number of rotatable bonds is 7. The fourth-order valence-electron chi connectivity index (χ4n) is 1.88. The monoisotopic (exact) mass is 378 g/mol. The standard InChI is InChI=1S/C18H21BrO2.C2H6/c1-4-6-7-13(3)12-17(19)16(5-2)18(21)14-8-10-15(20)11-9-14;1-2/h5,8-12,20H,3-4,6-7H2,1-2H3;1-2H3/b16-5+,17-12+;. The number of phenols is 1. The molecule has 1 aromatic rings. The van der Waals surface area contributed by atoms with Crippen LogP contribution in [-0.2, 0) is 0 Å². The van der Waals surface area contributed by atoms with Crippen molar-refractivity contribution in [3.8, 4) is 5.75 Å². The van der Waals surface area contributed by atoms with Gasteiger partial charge in [0.25, 0.3) is 0 Å². The number of halogens is 1. The van der Waals surface area contributed by atoms with Crippen LogP contribution in [0, 0.1) is 0 Å². The lowest BCUT2D eigenvalue weighted by molar-refractivity contribution is 0.103. The van der Waals surface area contributed by atoms with Gasteiger partial charge < -0.3 is 5.11 Å². The molecule has 0 radical (unpaired) electrons. The number of unbranched alkanes of at least 4 members (excludes halogenated alkanes) is 1. The van der Waals surface area contributed by atoms with Crippen molar-refractivity contribution in [2.45, 2.75) is 47.0 Å². The molecule has 0 aliphatic heterocycles. The molecule has 0 amide bonds. The maximum atomic E-state index is 12.5. The summed E-state index contributed by atoms with van der Waals surface area (Å²) in [6, 6.07) is 6.26. The molecule has 3 heteroatoms. The highest BCUT2D eigenvalue weighted by molar-refractivity contribution is 9.12. The summed E-state index contributed by atoms with van der Waals surface area (Å²) in [6.45, 7) is 12.0. The zero-order chi connectivity index (χ0) is 17.8. The van der Waals surface area contributed by atoms with E-state index >= 15 is 0 Å². The zero-order valence-corrected chi connectivity index (χ0v) is 16.1. The minimum Gasteiger partial charge on any atom is -0.508 e. The first-order valence-electron chi connectivity index (χ1n) is 8.05. The molecule has 1 aromatic carbocycles. The van der Waals surface area contributed by atoms with Crippen LogP contribution in [0.1, 0.15) is 57.3 Å². The summed E-state index contributed by atoms with van der Waals surface area (Å²) < 4.78 is 0.740. The lowest BCUT2D eigenvalue weighted by Crippen LogP contribution is -2.03. The molecule has 1 N–H and O–H groups in total. The Morgan fingerprint density at radius 2 is 1.83 bits per heavy atom. The van der Waals surface area contributed by atoms with Crippen LogP contribution in [0.15, 0.2) is 58.6 Å². The van der Waals surface area contributed by atoms with Gasteiger partial charge in [0.2, 0.25) is 0 Å². The Balaban J connectivity index is 0.00000232. The zero-order valence-electron chi connectivity index (χ0n) is 14.5. The van der Waals surface area contributed by atoms with E-state index in [4.69, 9.17) is 0 Å². The van der Waals surface area contributed by atoms with Crippen LogP contribution in [0.3, 0.4) is 0 Å². The first-order valence-corrected chi connectivity index (χ1v) is 8.84. The number of allylic oxidation sites excluding steroid dienone is 5. The molecule has 0 saturated heterocycles. The highest BCUT2D eigenvalue weighted by Crippen LogP contribution is 2.25. The molecule has 0 fully saturated rings. The van der Waals surface area contributed by atoms with Gasteiger partial charge in [-0.25, -0.2) is 0 Å². The second kappa shape index (κ2) is 11.9. The second-order valence-corrected chi connectivity index (χ2v) is 5.69. The van der Waals surface area contributed by atoms with E-state index in [1.165, 1.54) is 12.1 Å². The van der Waals surface area contributed by atoms with Crippen molar-refractivity contribution in [2.24, 2.45) is 0 Å². The third-order valence-electron chi connectivity index (χ3n) is 3.10. The number of Topliss-reactive ketones (excluding diaryl/α,β-unsaturated/α-hetero) is 1. The number of hydrogen-bond acceptors (Lipinski definition) is 2. The molecular weight excluding hydrogens is 352 g/mol. The lowest BCUT2D eigenvalue weighted by Gasteiger charge is -2.07. The number of hydrogen-bond donors (Lipinski definition) is 1. The molecule has 0 spiro atoms. The molecule has 0 unspecified atom stereocenters. The molecule has 1 rings (SSSR count). The minimum absolute atomic E-state index is 0.0797. The number of carbonyl (C=O) groups excluding carboxylic acids is 1. The lowest BCUT2D eigenvalue weighted by atomic mass is 10.0. The van der Waals surface area contributed by atoms with Gasteiger partial charge in [0, 0.05) is 15.6 Å². The van der Waals surface area contributed by atoms with E-state index in [0.29, 0.717) is 11.1 Å². The van der Waals surface area contributed by atoms with E-state index in [1.54, 1.807) is 18.2 Å². The van der Waals surface area contributed by atoms with Crippen LogP contribution in [-0.4, -0.2) is 10.9 Å². The number of ketones is 1. The van der Waals surface area contributed by atoms with Gasteiger partial charge in [-0.1, -0.05) is 61.4 Å². The predicted molar refractivity (Wildman–Crippen MR) is 103 cm³/mol. The van der Waals surface area contributed by atoms with Gasteiger partial charge in [-0.15, -0.1) is 0 Å². The number of aromatic hydroxyl groups is 1. The highest BCUT2D eigenvalue weighted by Gasteiger charge is 2.14. The van der Waals surface area contributed by atoms with E-state index in [9.17, 15) is 9.90 Å². The van der Waals surface area contributed by atoms with Gasteiger partial charge >= 0.3 is 0 Å². The van der Waals surface area contributed by atoms with Crippen molar-refractivity contribution in [3.05, 3.63) is 64.2 Å². The fourth-order valence-corrected chi connectivity index (χ4v) is 2.61. The largest absolute Gasteiger partial charge is 0.508 e. The molecule has 0 aliphatic rings. The average molecular weight is 379 g/mol. The van der Waals surface area contributed by atoms with Crippen molar-refractivity contribution < 1.29 is 9.90 Å². The molecule has 0 heterocycles. The molecule has 2 nitrogen and oxygen atoms in total. The maximum absolute atomic E-state index is 12.5. The summed E-state index contributed by atoms with van der Waals surface area (Å²) in [5, 5.41) is 9.29. The molecule has 23 heavy (non-hydrogen) atoms. The number of benzene rings is 1. The fraction of sp³-hybridized carbons (Fsp3) is 0.350.